The molecule has 2 aliphatic carbocycles. The fraction of sp³-hybridized carbons (Fsp3) is 0.0323. The van der Waals surface area contributed by atoms with Crippen LogP contribution in [0.5, 0.6) is 0 Å². The molecule has 0 amide bonds. The minimum absolute atomic E-state index is 0.482. The van der Waals surface area contributed by atoms with Crippen molar-refractivity contribution in [2.45, 2.75) is 12.3 Å². The summed E-state index contributed by atoms with van der Waals surface area (Å²) in [5, 5.41) is 0. The molecule has 308 valence electrons. The highest BCUT2D eigenvalue weighted by atomic mass is 15.2. The molecule has 0 saturated heterocycles. The maximum Gasteiger partial charge on any atom is 0.0726 e. The van der Waals surface area contributed by atoms with Crippen molar-refractivity contribution in [3.63, 3.8) is 0 Å². The van der Waals surface area contributed by atoms with Crippen LogP contribution in [0.4, 0.5) is 51.2 Å². The molecule has 0 aromatic heterocycles. The molecule has 12 rings (SSSR count). The van der Waals surface area contributed by atoms with E-state index in [-0.39, 0.29) is 0 Å². The zero-order valence-electron chi connectivity index (χ0n) is 36.1. The van der Waals surface area contributed by atoms with Crippen LogP contribution < -0.4 is 14.7 Å². The van der Waals surface area contributed by atoms with Crippen LogP contribution in [-0.4, -0.2) is 0 Å². The number of nitrogens with zero attached hydrogens (tertiary/aromatic N) is 3. The van der Waals surface area contributed by atoms with E-state index >= 15 is 0 Å². The summed E-state index contributed by atoms with van der Waals surface area (Å²) < 4.78 is 0. The number of hydrogen-bond donors (Lipinski definition) is 0. The normalized spacial score (nSPS) is 12.5. The summed E-state index contributed by atoms with van der Waals surface area (Å²) in [5.41, 5.74) is 20.9. The van der Waals surface area contributed by atoms with Crippen molar-refractivity contribution in [1.29, 1.82) is 0 Å². The van der Waals surface area contributed by atoms with Crippen LogP contribution in [0, 0.1) is 6.92 Å². The molecule has 1 spiro atoms. The first kappa shape index (κ1) is 38.3. The average Bonchev–Trinajstić information content (AvgIpc) is 3.84. The summed E-state index contributed by atoms with van der Waals surface area (Å²) in [6.07, 6.45) is 0. The Hall–Kier alpha value is -8.40. The third-order valence-corrected chi connectivity index (χ3v) is 13.3. The smallest absolute Gasteiger partial charge is 0.0726 e. The van der Waals surface area contributed by atoms with Crippen LogP contribution in [0.3, 0.4) is 0 Å². The summed E-state index contributed by atoms with van der Waals surface area (Å²) in [6.45, 7) is 2.27. The van der Waals surface area contributed by atoms with Gasteiger partial charge in [0.05, 0.1) is 22.5 Å². The van der Waals surface area contributed by atoms with Crippen LogP contribution in [0.25, 0.3) is 22.3 Å². The lowest BCUT2D eigenvalue weighted by atomic mass is 9.70. The van der Waals surface area contributed by atoms with Crippen LogP contribution in [0.1, 0.15) is 27.8 Å². The van der Waals surface area contributed by atoms with E-state index in [9.17, 15) is 0 Å². The largest absolute Gasteiger partial charge is 0.310 e. The Balaban J connectivity index is 1.15. The summed E-state index contributed by atoms with van der Waals surface area (Å²) in [7, 11) is 0. The first-order valence-electron chi connectivity index (χ1n) is 22.4. The van der Waals surface area contributed by atoms with Gasteiger partial charge in [-0.15, -0.1) is 0 Å². The number of para-hydroxylation sites is 5. The number of benzene rings is 10. The second kappa shape index (κ2) is 15.7. The van der Waals surface area contributed by atoms with E-state index in [0.29, 0.717) is 0 Å². The maximum atomic E-state index is 2.49. The predicted octanol–water partition coefficient (Wildman–Crippen LogP) is 16.7. The Morgan fingerprint density at radius 2 is 0.600 bits per heavy atom. The lowest BCUT2D eigenvalue weighted by molar-refractivity contribution is 0.793. The van der Waals surface area contributed by atoms with Gasteiger partial charge in [0.15, 0.2) is 0 Å². The topological polar surface area (TPSA) is 9.72 Å². The van der Waals surface area contributed by atoms with Gasteiger partial charge in [-0.05, 0) is 148 Å². The number of fused-ring (bicyclic) bond motifs is 10. The second-order valence-corrected chi connectivity index (χ2v) is 17.0. The molecular weight excluding hydrogens is 787 g/mol. The lowest BCUT2D eigenvalue weighted by Crippen LogP contribution is -2.26. The molecule has 0 aliphatic heterocycles. The number of hydrogen-bond acceptors (Lipinski definition) is 3. The molecule has 0 unspecified atom stereocenters. The van der Waals surface area contributed by atoms with E-state index in [1.165, 1.54) is 50.1 Å². The fourth-order valence-electron chi connectivity index (χ4n) is 10.7. The molecule has 0 heterocycles. The van der Waals surface area contributed by atoms with Gasteiger partial charge in [0.2, 0.25) is 0 Å². The van der Waals surface area contributed by atoms with Gasteiger partial charge in [-0.25, -0.2) is 0 Å². The van der Waals surface area contributed by atoms with Gasteiger partial charge < -0.3 is 14.7 Å². The first-order chi connectivity index (χ1) is 32.2. The highest BCUT2D eigenvalue weighted by Crippen LogP contribution is 2.64. The zero-order valence-corrected chi connectivity index (χ0v) is 36.1. The van der Waals surface area contributed by atoms with Crippen molar-refractivity contribution < 1.29 is 0 Å². The molecule has 0 radical (unpaired) electrons. The summed E-state index contributed by atoms with van der Waals surface area (Å²) >= 11 is 0. The highest BCUT2D eigenvalue weighted by molar-refractivity contribution is 5.98. The second-order valence-electron chi connectivity index (χ2n) is 17.0. The lowest BCUT2D eigenvalue weighted by Gasteiger charge is -2.34. The molecule has 0 bridgehead atoms. The van der Waals surface area contributed by atoms with Crippen LogP contribution in [0.2, 0.25) is 0 Å². The van der Waals surface area contributed by atoms with Crippen molar-refractivity contribution in [3.05, 3.63) is 283 Å². The van der Waals surface area contributed by atoms with Crippen molar-refractivity contribution in [2.75, 3.05) is 14.7 Å². The highest BCUT2D eigenvalue weighted by Gasteiger charge is 2.52. The predicted molar refractivity (Wildman–Crippen MR) is 272 cm³/mol. The summed E-state index contributed by atoms with van der Waals surface area (Å²) in [5.74, 6) is 0. The molecule has 10 aromatic rings. The Kier molecular flexibility index (Phi) is 9.28. The van der Waals surface area contributed by atoms with Crippen molar-refractivity contribution in [1.82, 2.24) is 0 Å². The van der Waals surface area contributed by atoms with Gasteiger partial charge >= 0.3 is 0 Å². The molecule has 0 N–H and O–H groups in total. The quantitative estimate of drug-likeness (QED) is 0.143. The SMILES string of the molecule is Cc1cccc2c1-c1ccc(N(c3ccccc3)c3cc(N(c4ccccc4)c4ccccc4)cc(N(c4ccccc4)c4ccccc4)c3)cc1C21c2ccccc2-c2ccccc21. The Labute approximate surface area is 381 Å². The van der Waals surface area contributed by atoms with E-state index in [1.807, 2.05) is 0 Å². The first-order valence-corrected chi connectivity index (χ1v) is 22.4. The molecular formula is C62H45N3. The number of rotatable bonds is 9. The standard InChI is InChI=1S/C62H45N3/c1-44-22-21-37-59-61(44)56-39-38-50(43-60(56)62(59)57-35-19-17-33-54(57)55-34-18-20-36-58(55)62)65(49-31-15-6-16-32-49)53-41-51(63(45-23-7-2-8-24-45)46-25-9-3-10-26-46)40-52(42-53)64(47-27-11-4-12-28-47)48-29-13-5-14-30-48/h2-43H,1H3. The van der Waals surface area contributed by atoms with Crippen molar-refractivity contribution in [2.24, 2.45) is 0 Å². The number of aryl methyl sites for hydroxylation is 1. The third-order valence-electron chi connectivity index (χ3n) is 13.3. The molecule has 65 heavy (non-hydrogen) atoms. The zero-order chi connectivity index (χ0) is 43.3. The van der Waals surface area contributed by atoms with Crippen molar-refractivity contribution in [3.8, 4) is 22.3 Å². The summed E-state index contributed by atoms with van der Waals surface area (Å²) in [4.78, 5) is 7.19. The van der Waals surface area contributed by atoms with E-state index in [4.69, 9.17) is 0 Å². The molecule has 10 aromatic carbocycles. The summed E-state index contributed by atoms with van der Waals surface area (Å²) in [6, 6.07) is 92.9. The van der Waals surface area contributed by atoms with Gasteiger partial charge in [0.1, 0.15) is 0 Å². The third kappa shape index (κ3) is 6.19. The van der Waals surface area contributed by atoms with Crippen molar-refractivity contribution >= 4 is 51.2 Å². The fourth-order valence-corrected chi connectivity index (χ4v) is 10.7. The average molecular weight is 832 g/mol. The molecule has 0 atom stereocenters. The molecule has 0 saturated carbocycles. The van der Waals surface area contributed by atoms with Gasteiger partial charge in [-0.1, -0.05) is 164 Å². The van der Waals surface area contributed by atoms with E-state index in [0.717, 1.165) is 51.2 Å². The maximum absolute atomic E-state index is 2.49. The van der Waals surface area contributed by atoms with Crippen LogP contribution in [0.15, 0.2) is 255 Å². The molecule has 3 heteroatoms. The van der Waals surface area contributed by atoms with E-state index < -0.39 is 5.41 Å². The molecule has 2 aliphatic rings. The Morgan fingerprint density at radius 3 is 1.02 bits per heavy atom. The Bertz CT molecular complexity index is 3100. The monoisotopic (exact) mass is 831 g/mol. The van der Waals surface area contributed by atoms with E-state index in [2.05, 4.69) is 276 Å². The molecule has 3 nitrogen and oxygen atoms in total. The van der Waals surface area contributed by atoms with Crippen LogP contribution in [-0.2, 0) is 5.41 Å². The van der Waals surface area contributed by atoms with Gasteiger partial charge in [0, 0.05) is 34.1 Å². The molecule has 0 fully saturated rings. The van der Waals surface area contributed by atoms with Gasteiger partial charge in [0.25, 0.3) is 0 Å². The minimum atomic E-state index is -0.482. The van der Waals surface area contributed by atoms with E-state index in [1.54, 1.807) is 0 Å². The van der Waals surface area contributed by atoms with Gasteiger partial charge in [-0.2, -0.15) is 0 Å². The van der Waals surface area contributed by atoms with Gasteiger partial charge in [-0.3, -0.25) is 0 Å². The Morgan fingerprint density at radius 1 is 0.246 bits per heavy atom. The number of anilines is 9. The van der Waals surface area contributed by atoms with Crippen LogP contribution >= 0.6 is 0 Å². The minimum Gasteiger partial charge on any atom is -0.310 e.